The van der Waals surface area contributed by atoms with Crippen molar-refractivity contribution in [3.05, 3.63) is 59.7 Å². The molecule has 2 aromatic rings. The van der Waals surface area contributed by atoms with Gasteiger partial charge < -0.3 is 10.0 Å². The number of benzene rings is 2. The van der Waals surface area contributed by atoms with E-state index in [1.54, 1.807) is 43.1 Å². The average Bonchev–Trinajstić information content (AvgIpc) is 2.38. The fraction of sp³-hybridized carbons (Fsp3) is 0.200. The summed E-state index contributed by atoms with van der Waals surface area (Å²) in [6.07, 6.45) is -0.784. The monoisotopic (exact) mass is 263 g/mol. The lowest BCUT2D eigenvalue weighted by Gasteiger charge is -2.24. The van der Waals surface area contributed by atoms with Gasteiger partial charge in [0.05, 0.1) is 11.8 Å². The van der Waals surface area contributed by atoms with E-state index >= 15 is 0 Å². The third kappa shape index (κ3) is 2.74. The molecule has 4 heteroatoms. The summed E-state index contributed by atoms with van der Waals surface area (Å²) in [5.74, 6) is -0.772. The maximum Gasteiger partial charge on any atom is 0.147 e. The second kappa shape index (κ2) is 5.36. The molecule has 0 bridgehead atoms. The standard InChI is InChI=1S/C15H15F2NO/c1-10(19)13-4-3-5-14(17)15(13)18(2)12-8-6-11(16)7-9-12/h3-10,19H,1-2H3/t10-/m1/s1. The summed E-state index contributed by atoms with van der Waals surface area (Å²) in [6, 6.07) is 10.3. The number of aliphatic hydroxyl groups excluding tert-OH is 1. The second-order valence-corrected chi connectivity index (χ2v) is 4.39. The van der Waals surface area contributed by atoms with E-state index in [2.05, 4.69) is 0 Å². The topological polar surface area (TPSA) is 23.5 Å². The van der Waals surface area contributed by atoms with Gasteiger partial charge in [-0.05, 0) is 37.3 Å². The van der Waals surface area contributed by atoms with Crippen LogP contribution in [0.3, 0.4) is 0 Å². The van der Waals surface area contributed by atoms with Gasteiger partial charge in [-0.15, -0.1) is 0 Å². The Labute approximate surface area is 110 Å². The minimum Gasteiger partial charge on any atom is -0.389 e. The van der Waals surface area contributed by atoms with Crippen molar-refractivity contribution >= 4 is 11.4 Å². The fourth-order valence-electron chi connectivity index (χ4n) is 2.02. The molecule has 0 fully saturated rings. The van der Waals surface area contributed by atoms with Gasteiger partial charge in [-0.1, -0.05) is 12.1 Å². The molecule has 0 saturated carbocycles. The summed E-state index contributed by atoms with van der Waals surface area (Å²) in [4.78, 5) is 1.59. The predicted molar refractivity (Wildman–Crippen MR) is 71.5 cm³/mol. The van der Waals surface area contributed by atoms with Crippen LogP contribution in [-0.4, -0.2) is 12.2 Å². The van der Waals surface area contributed by atoms with Gasteiger partial charge in [-0.25, -0.2) is 8.78 Å². The number of aliphatic hydroxyl groups is 1. The number of hydrogen-bond donors (Lipinski definition) is 1. The van der Waals surface area contributed by atoms with Crippen LogP contribution >= 0.6 is 0 Å². The number of para-hydroxylation sites is 1. The van der Waals surface area contributed by atoms with Crippen LogP contribution < -0.4 is 4.90 Å². The van der Waals surface area contributed by atoms with Gasteiger partial charge in [0.15, 0.2) is 0 Å². The van der Waals surface area contributed by atoms with E-state index in [1.165, 1.54) is 18.2 Å². The van der Waals surface area contributed by atoms with Crippen molar-refractivity contribution in [2.24, 2.45) is 0 Å². The van der Waals surface area contributed by atoms with Gasteiger partial charge in [-0.2, -0.15) is 0 Å². The van der Waals surface area contributed by atoms with E-state index < -0.39 is 11.9 Å². The van der Waals surface area contributed by atoms with E-state index in [1.807, 2.05) is 0 Å². The molecular weight excluding hydrogens is 248 g/mol. The first-order valence-electron chi connectivity index (χ1n) is 5.96. The minimum absolute atomic E-state index is 0.295. The highest BCUT2D eigenvalue weighted by atomic mass is 19.1. The Morgan fingerprint density at radius 2 is 1.68 bits per heavy atom. The van der Waals surface area contributed by atoms with Crippen LogP contribution in [0.25, 0.3) is 0 Å². The molecule has 0 spiro atoms. The quantitative estimate of drug-likeness (QED) is 0.910. The highest BCUT2D eigenvalue weighted by Crippen LogP contribution is 2.33. The number of halogens is 2. The first kappa shape index (κ1) is 13.5. The van der Waals surface area contributed by atoms with Gasteiger partial charge in [0, 0.05) is 18.3 Å². The highest BCUT2D eigenvalue weighted by Gasteiger charge is 2.17. The molecule has 1 atom stereocenters. The molecule has 0 saturated heterocycles. The average molecular weight is 263 g/mol. The molecule has 0 amide bonds. The Morgan fingerprint density at radius 3 is 2.26 bits per heavy atom. The molecule has 2 nitrogen and oxygen atoms in total. The molecule has 0 heterocycles. The Bertz CT molecular complexity index is 567. The van der Waals surface area contributed by atoms with Crippen molar-refractivity contribution in [3.63, 3.8) is 0 Å². The third-order valence-corrected chi connectivity index (χ3v) is 3.02. The van der Waals surface area contributed by atoms with Crippen LogP contribution in [0, 0.1) is 11.6 Å². The van der Waals surface area contributed by atoms with Crippen molar-refractivity contribution in [1.29, 1.82) is 0 Å². The van der Waals surface area contributed by atoms with Gasteiger partial charge in [0.1, 0.15) is 11.6 Å². The Morgan fingerprint density at radius 1 is 1.05 bits per heavy atom. The van der Waals surface area contributed by atoms with Crippen LogP contribution in [-0.2, 0) is 0 Å². The molecule has 0 radical (unpaired) electrons. The lowest BCUT2D eigenvalue weighted by Crippen LogP contribution is -2.14. The summed E-state index contributed by atoms with van der Waals surface area (Å²) >= 11 is 0. The zero-order valence-electron chi connectivity index (χ0n) is 10.8. The van der Waals surface area contributed by atoms with Gasteiger partial charge in [0.25, 0.3) is 0 Å². The largest absolute Gasteiger partial charge is 0.389 e. The molecule has 0 aliphatic carbocycles. The van der Waals surface area contributed by atoms with Crippen molar-refractivity contribution in [2.45, 2.75) is 13.0 Å². The van der Waals surface area contributed by atoms with Crippen LogP contribution in [0.2, 0.25) is 0 Å². The summed E-state index contributed by atoms with van der Waals surface area (Å²) in [5, 5.41) is 9.72. The van der Waals surface area contributed by atoms with Crippen molar-refractivity contribution in [2.75, 3.05) is 11.9 Å². The molecule has 0 aromatic heterocycles. The van der Waals surface area contributed by atoms with E-state index in [4.69, 9.17) is 0 Å². The van der Waals surface area contributed by atoms with Gasteiger partial charge in [0.2, 0.25) is 0 Å². The number of rotatable bonds is 3. The smallest absolute Gasteiger partial charge is 0.147 e. The highest BCUT2D eigenvalue weighted by molar-refractivity contribution is 5.66. The van der Waals surface area contributed by atoms with E-state index in [-0.39, 0.29) is 5.82 Å². The maximum absolute atomic E-state index is 14.0. The number of anilines is 2. The van der Waals surface area contributed by atoms with E-state index in [0.717, 1.165) is 0 Å². The first-order valence-corrected chi connectivity index (χ1v) is 5.96. The van der Waals surface area contributed by atoms with Gasteiger partial charge in [-0.3, -0.25) is 0 Å². The summed E-state index contributed by atoms with van der Waals surface area (Å²) in [5.41, 5.74) is 1.43. The lowest BCUT2D eigenvalue weighted by molar-refractivity contribution is 0.199. The normalized spacial score (nSPS) is 12.3. The molecule has 0 aliphatic rings. The molecule has 1 N–H and O–H groups in total. The second-order valence-electron chi connectivity index (χ2n) is 4.39. The SMILES string of the molecule is C[C@@H](O)c1cccc(F)c1N(C)c1ccc(F)cc1. The Hall–Kier alpha value is -1.94. The zero-order valence-corrected chi connectivity index (χ0v) is 10.8. The minimum atomic E-state index is -0.784. The molecular formula is C15H15F2NO. The molecule has 19 heavy (non-hydrogen) atoms. The summed E-state index contributed by atoms with van der Waals surface area (Å²) in [7, 11) is 1.68. The lowest BCUT2D eigenvalue weighted by atomic mass is 10.1. The molecule has 2 rings (SSSR count). The number of hydrogen-bond acceptors (Lipinski definition) is 2. The Kier molecular flexibility index (Phi) is 3.81. The maximum atomic E-state index is 14.0. The molecule has 0 aliphatic heterocycles. The number of nitrogens with zero attached hydrogens (tertiary/aromatic N) is 1. The summed E-state index contributed by atoms with van der Waals surface area (Å²) in [6.45, 7) is 1.58. The van der Waals surface area contributed by atoms with Crippen LogP contribution in [0.15, 0.2) is 42.5 Å². The predicted octanol–water partition coefficient (Wildman–Crippen LogP) is 3.79. The molecule has 100 valence electrons. The molecule has 0 unspecified atom stereocenters. The van der Waals surface area contributed by atoms with Crippen LogP contribution in [0.5, 0.6) is 0 Å². The van der Waals surface area contributed by atoms with Crippen LogP contribution in [0.1, 0.15) is 18.6 Å². The van der Waals surface area contributed by atoms with Gasteiger partial charge >= 0.3 is 0 Å². The summed E-state index contributed by atoms with van der Waals surface area (Å²) < 4.78 is 26.9. The zero-order chi connectivity index (χ0) is 14.0. The Balaban J connectivity index is 2.49. The van der Waals surface area contributed by atoms with Crippen molar-refractivity contribution < 1.29 is 13.9 Å². The van der Waals surface area contributed by atoms with E-state index in [0.29, 0.717) is 16.9 Å². The third-order valence-electron chi connectivity index (χ3n) is 3.02. The first-order chi connectivity index (χ1) is 9.00. The van der Waals surface area contributed by atoms with E-state index in [9.17, 15) is 13.9 Å². The van der Waals surface area contributed by atoms with Crippen molar-refractivity contribution in [1.82, 2.24) is 0 Å². The van der Waals surface area contributed by atoms with Crippen molar-refractivity contribution in [3.8, 4) is 0 Å². The van der Waals surface area contributed by atoms with Crippen LogP contribution in [0.4, 0.5) is 20.2 Å². The molecule has 2 aromatic carbocycles. The fourth-order valence-corrected chi connectivity index (χ4v) is 2.02.